The van der Waals surface area contributed by atoms with E-state index in [4.69, 9.17) is 11.6 Å². The largest absolute Gasteiger partial charge is 0.339 e. The highest BCUT2D eigenvalue weighted by Gasteiger charge is 2.31. The van der Waals surface area contributed by atoms with Crippen molar-refractivity contribution in [1.82, 2.24) is 9.88 Å². The second-order valence-electron chi connectivity index (χ2n) is 7.53. The van der Waals surface area contributed by atoms with E-state index in [1.165, 1.54) is 11.3 Å². The van der Waals surface area contributed by atoms with Crippen LogP contribution in [0.5, 0.6) is 0 Å². The number of thiazole rings is 1. The first-order valence-corrected chi connectivity index (χ1v) is 11.6. The zero-order valence-corrected chi connectivity index (χ0v) is 18.9. The zero-order valence-electron chi connectivity index (χ0n) is 17.3. The van der Waals surface area contributed by atoms with Crippen molar-refractivity contribution in [3.05, 3.63) is 65.2 Å². The van der Waals surface area contributed by atoms with Gasteiger partial charge in [0.15, 0.2) is 5.13 Å². The predicted octanol–water partition coefficient (Wildman–Crippen LogP) is 5.25. The van der Waals surface area contributed by atoms with Crippen molar-refractivity contribution in [2.75, 3.05) is 24.5 Å². The Labute approximate surface area is 190 Å². The number of aromatic nitrogens is 1. The molecule has 2 amide bonds. The summed E-state index contributed by atoms with van der Waals surface area (Å²) in [5.74, 6) is -0.0255. The Kier molecular flexibility index (Phi) is 6.68. The van der Waals surface area contributed by atoms with Gasteiger partial charge in [-0.05, 0) is 49.6 Å². The van der Waals surface area contributed by atoms with Crippen LogP contribution in [0.4, 0.5) is 5.13 Å². The minimum Gasteiger partial charge on any atom is -0.339 e. The Morgan fingerprint density at radius 3 is 2.65 bits per heavy atom. The lowest BCUT2D eigenvalue weighted by Crippen LogP contribution is -2.44. The van der Waals surface area contributed by atoms with Crippen molar-refractivity contribution >= 4 is 56.2 Å². The quantitative estimate of drug-likeness (QED) is 0.495. The maximum Gasteiger partial charge on any atom is 0.246 e. The number of carbonyl (C=O) groups is 2. The topological polar surface area (TPSA) is 53.5 Å². The average Bonchev–Trinajstić information content (AvgIpc) is 3.21. The lowest BCUT2D eigenvalue weighted by molar-refractivity contribution is -0.130. The normalized spacial score (nSPS) is 15.0. The minimum atomic E-state index is -0.0993. The highest BCUT2D eigenvalue weighted by molar-refractivity contribution is 7.22. The van der Waals surface area contributed by atoms with Crippen LogP contribution in [0.1, 0.15) is 25.3 Å². The molecule has 0 aliphatic carbocycles. The van der Waals surface area contributed by atoms with Gasteiger partial charge in [-0.25, -0.2) is 4.98 Å². The van der Waals surface area contributed by atoms with Crippen LogP contribution < -0.4 is 4.90 Å². The molecule has 0 unspecified atom stereocenters. The molecule has 0 N–H and O–H groups in total. The molecule has 0 bridgehead atoms. The van der Waals surface area contributed by atoms with Crippen LogP contribution in [0.3, 0.4) is 0 Å². The molecule has 0 radical (unpaired) electrons. The number of amides is 2. The van der Waals surface area contributed by atoms with Gasteiger partial charge in [-0.2, -0.15) is 0 Å². The van der Waals surface area contributed by atoms with Gasteiger partial charge in [-0.1, -0.05) is 53.3 Å². The van der Waals surface area contributed by atoms with Gasteiger partial charge >= 0.3 is 0 Å². The van der Waals surface area contributed by atoms with Gasteiger partial charge in [0, 0.05) is 36.7 Å². The third-order valence-corrected chi connectivity index (χ3v) is 6.82. The van der Waals surface area contributed by atoms with Crippen LogP contribution in [0.2, 0.25) is 5.02 Å². The van der Waals surface area contributed by atoms with Crippen LogP contribution in [-0.2, 0) is 9.59 Å². The molecule has 1 aromatic heterocycles. The Balaban J connectivity index is 1.38. The third-order valence-electron chi connectivity index (χ3n) is 5.53. The summed E-state index contributed by atoms with van der Waals surface area (Å²) in [5, 5.41) is 1.34. The first-order valence-electron chi connectivity index (χ1n) is 10.4. The molecule has 7 heteroatoms. The van der Waals surface area contributed by atoms with Crippen LogP contribution in [0, 0.1) is 5.92 Å². The SMILES string of the molecule is CCN(C(=O)C1CCN(C(=O)/C=C/c2ccccc2)CC1)c1nc2cc(Cl)ccc2s1. The number of anilines is 1. The van der Waals surface area contributed by atoms with E-state index < -0.39 is 0 Å². The number of hydrogen-bond acceptors (Lipinski definition) is 4. The fourth-order valence-electron chi connectivity index (χ4n) is 3.79. The van der Waals surface area contributed by atoms with Gasteiger partial charge in [-0.15, -0.1) is 0 Å². The number of carbonyl (C=O) groups excluding carboxylic acids is 2. The molecule has 2 heterocycles. The molecule has 4 rings (SSSR count). The lowest BCUT2D eigenvalue weighted by atomic mass is 9.95. The van der Waals surface area contributed by atoms with Crippen LogP contribution >= 0.6 is 22.9 Å². The Bertz CT molecular complexity index is 1100. The van der Waals surface area contributed by atoms with E-state index in [0.29, 0.717) is 42.6 Å². The average molecular weight is 454 g/mol. The number of piperidine rings is 1. The lowest BCUT2D eigenvalue weighted by Gasteiger charge is -2.32. The fraction of sp³-hybridized carbons (Fsp3) is 0.292. The van der Waals surface area contributed by atoms with Crippen molar-refractivity contribution < 1.29 is 9.59 Å². The van der Waals surface area contributed by atoms with Gasteiger partial charge in [0.25, 0.3) is 0 Å². The predicted molar refractivity (Wildman–Crippen MR) is 127 cm³/mol. The summed E-state index contributed by atoms with van der Waals surface area (Å²) >= 11 is 7.57. The molecule has 5 nitrogen and oxygen atoms in total. The molecule has 1 aliphatic heterocycles. The number of nitrogens with zero attached hydrogens (tertiary/aromatic N) is 3. The molecule has 3 aromatic rings. The Morgan fingerprint density at radius 2 is 1.94 bits per heavy atom. The molecule has 2 aromatic carbocycles. The second-order valence-corrected chi connectivity index (χ2v) is 8.98. The summed E-state index contributed by atoms with van der Waals surface area (Å²) < 4.78 is 1.01. The maximum absolute atomic E-state index is 13.2. The number of halogens is 1. The molecule has 1 aliphatic rings. The van der Waals surface area contributed by atoms with Crippen LogP contribution in [0.15, 0.2) is 54.6 Å². The van der Waals surface area contributed by atoms with Gasteiger partial charge in [0.1, 0.15) is 0 Å². The van der Waals surface area contributed by atoms with Gasteiger partial charge in [-0.3, -0.25) is 14.5 Å². The third kappa shape index (κ3) is 4.97. The van der Waals surface area contributed by atoms with E-state index in [2.05, 4.69) is 4.98 Å². The fourth-order valence-corrected chi connectivity index (χ4v) is 4.98. The van der Waals surface area contributed by atoms with E-state index in [9.17, 15) is 9.59 Å². The highest BCUT2D eigenvalue weighted by atomic mass is 35.5. The van der Waals surface area contributed by atoms with Crippen LogP contribution in [0.25, 0.3) is 16.3 Å². The first kappa shape index (κ1) is 21.5. The smallest absolute Gasteiger partial charge is 0.246 e. The maximum atomic E-state index is 13.2. The van der Waals surface area contributed by atoms with E-state index in [1.807, 2.05) is 66.4 Å². The summed E-state index contributed by atoms with van der Waals surface area (Å²) in [6.07, 6.45) is 4.77. The van der Waals surface area contributed by atoms with E-state index in [1.54, 1.807) is 11.0 Å². The van der Waals surface area contributed by atoms with Crippen molar-refractivity contribution in [3.63, 3.8) is 0 Å². The summed E-state index contributed by atoms with van der Waals surface area (Å²) in [7, 11) is 0. The molecular formula is C24H24ClN3O2S. The Hall–Kier alpha value is -2.70. The molecular weight excluding hydrogens is 430 g/mol. The second kappa shape index (κ2) is 9.62. The number of hydrogen-bond donors (Lipinski definition) is 0. The molecule has 1 saturated heterocycles. The van der Waals surface area contributed by atoms with Gasteiger partial charge in [0.2, 0.25) is 11.8 Å². The Morgan fingerprint density at radius 1 is 1.19 bits per heavy atom. The summed E-state index contributed by atoms with van der Waals surface area (Å²) in [5.41, 5.74) is 1.81. The van der Waals surface area contributed by atoms with Crippen molar-refractivity contribution in [3.8, 4) is 0 Å². The number of benzene rings is 2. The number of likely N-dealkylation sites (tertiary alicyclic amines) is 1. The van der Waals surface area contributed by atoms with Crippen molar-refractivity contribution in [2.24, 2.45) is 5.92 Å². The molecule has 0 spiro atoms. The highest BCUT2D eigenvalue weighted by Crippen LogP contribution is 2.32. The van der Waals surface area contributed by atoms with E-state index >= 15 is 0 Å². The molecule has 160 valence electrons. The first-order chi connectivity index (χ1) is 15.0. The summed E-state index contributed by atoms with van der Waals surface area (Å²) in [4.78, 5) is 33.9. The van der Waals surface area contributed by atoms with E-state index in [-0.39, 0.29) is 17.7 Å². The minimum absolute atomic E-state index is 0.00912. The van der Waals surface area contributed by atoms with E-state index in [0.717, 1.165) is 15.8 Å². The van der Waals surface area contributed by atoms with Crippen LogP contribution in [-0.4, -0.2) is 41.3 Å². The monoisotopic (exact) mass is 453 g/mol. The molecule has 0 saturated carbocycles. The van der Waals surface area contributed by atoms with Crippen molar-refractivity contribution in [2.45, 2.75) is 19.8 Å². The summed E-state index contributed by atoms with van der Waals surface area (Å²) in [6, 6.07) is 15.4. The molecule has 0 atom stereocenters. The standard InChI is InChI=1S/C24H24ClN3O2S/c1-2-28(24-26-20-16-19(25)9-10-21(20)31-24)23(30)18-12-14-27(15-13-18)22(29)11-8-17-6-4-3-5-7-17/h3-11,16,18H,2,12-15H2,1H3/b11-8+. The summed E-state index contributed by atoms with van der Waals surface area (Å²) in [6.45, 7) is 3.69. The molecule has 1 fully saturated rings. The number of fused-ring (bicyclic) bond motifs is 1. The zero-order chi connectivity index (χ0) is 21.8. The molecule has 31 heavy (non-hydrogen) atoms. The van der Waals surface area contributed by atoms with Gasteiger partial charge in [0.05, 0.1) is 10.2 Å². The van der Waals surface area contributed by atoms with Crippen molar-refractivity contribution in [1.29, 1.82) is 0 Å². The van der Waals surface area contributed by atoms with Gasteiger partial charge < -0.3 is 4.90 Å². The number of rotatable bonds is 5.